The van der Waals surface area contributed by atoms with Crippen LogP contribution in [0.2, 0.25) is 0 Å². The van der Waals surface area contributed by atoms with Crippen molar-refractivity contribution in [2.24, 2.45) is 5.73 Å². The normalized spacial score (nSPS) is 14.2. The molecule has 1 atom stereocenters. The maximum Gasteiger partial charge on any atom is 0.349 e. The molecule has 3 aromatic rings. The van der Waals surface area contributed by atoms with Crippen LogP contribution in [0.3, 0.4) is 0 Å². The number of rotatable bonds is 7. The van der Waals surface area contributed by atoms with Crippen molar-refractivity contribution in [1.29, 1.82) is 5.26 Å². The number of hydrogen-bond acceptors (Lipinski definition) is 8. The Balaban J connectivity index is 1.61. The second-order valence-corrected chi connectivity index (χ2v) is 7.89. The van der Waals surface area contributed by atoms with Gasteiger partial charge < -0.3 is 29.4 Å². The average molecular weight is 548 g/mol. The molecule has 0 spiro atoms. The highest BCUT2D eigenvalue weighted by molar-refractivity contribution is 5.74. The Labute approximate surface area is 217 Å². The number of nitriles is 1. The van der Waals surface area contributed by atoms with Crippen molar-refractivity contribution in [2.75, 3.05) is 20.8 Å². The molecule has 13 heteroatoms. The van der Waals surface area contributed by atoms with Gasteiger partial charge in [0.15, 0.2) is 12.4 Å². The Morgan fingerprint density at radius 1 is 0.923 bits per heavy atom. The number of esters is 1. The van der Waals surface area contributed by atoms with Crippen molar-refractivity contribution in [3.05, 3.63) is 88.1 Å². The number of carbonyl (C=O) groups is 1. The number of hydrogen-bond donors (Lipinski definition) is 1. The first kappa shape index (κ1) is 27.1. The lowest BCUT2D eigenvalue weighted by Crippen LogP contribution is -2.22. The van der Waals surface area contributed by atoms with Crippen LogP contribution in [0.15, 0.2) is 47.9 Å². The Hall–Kier alpha value is -4.99. The largest absolute Gasteiger partial charge is 0.497 e. The third-order valence-corrected chi connectivity index (χ3v) is 5.67. The van der Waals surface area contributed by atoms with Crippen molar-refractivity contribution >= 4 is 5.97 Å². The zero-order chi connectivity index (χ0) is 28.4. The van der Waals surface area contributed by atoms with Crippen molar-refractivity contribution < 1.29 is 50.4 Å². The summed E-state index contributed by atoms with van der Waals surface area (Å²) in [5, 5.41) is 9.78. The molecule has 39 heavy (non-hydrogen) atoms. The summed E-state index contributed by atoms with van der Waals surface area (Å²) >= 11 is 0. The molecule has 0 saturated heterocycles. The minimum atomic E-state index is -2.37. The van der Waals surface area contributed by atoms with Crippen LogP contribution in [0.5, 0.6) is 28.7 Å². The fraction of sp³-hybridized carbons (Fsp3) is 0.154. The minimum absolute atomic E-state index is 0.0787. The van der Waals surface area contributed by atoms with Crippen molar-refractivity contribution in [3.63, 3.8) is 0 Å². The third-order valence-electron chi connectivity index (χ3n) is 5.67. The first-order valence-corrected chi connectivity index (χ1v) is 10.9. The third kappa shape index (κ3) is 4.96. The van der Waals surface area contributed by atoms with Crippen LogP contribution in [0.4, 0.5) is 22.0 Å². The van der Waals surface area contributed by atoms with Gasteiger partial charge in [0.25, 0.3) is 0 Å². The standard InChI is InChI=1S/C26H17F5N2O6/c1-35-11-4-6-16(36-2)14(7-11)19-13-5-3-12(8-17(13)39-26(33)15(19)9-32)38-18(34)10-37-25-23(30)21(28)20(27)22(29)24(25)31/h3-8,19H,10,33H2,1-2H3. The molecule has 2 N–H and O–H groups in total. The monoisotopic (exact) mass is 548 g/mol. The highest BCUT2D eigenvalue weighted by Crippen LogP contribution is 2.46. The first-order valence-electron chi connectivity index (χ1n) is 10.9. The molecule has 8 nitrogen and oxygen atoms in total. The van der Waals surface area contributed by atoms with E-state index in [4.69, 9.17) is 24.7 Å². The summed E-state index contributed by atoms with van der Waals surface area (Å²) in [4.78, 5) is 12.2. The van der Waals surface area contributed by atoms with E-state index in [-0.39, 0.29) is 23.0 Å². The number of nitrogens with two attached hydrogens (primary N) is 1. The summed E-state index contributed by atoms with van der Waals surface area (Å²) in [6.07, 6.45) is 0. The van der Waals surface area contributed by atoms with Crippen LogP contribution in [-0.4, -0.2) is 26.8 Å². The van der Waals surface area contributed by atoms with Crippen molar-refractivity contribution in [3.8, 4) is 34.8 Å². The van der Waals surface area contributed by atoms with Gasteiger partial charge in [0.1, 0.15) is 34.6 Å². The lowest BCUT2D eigenvalue weighted by Gasteiger charge is -2.28. The lowest BCUT2D eigenvalue weighted by atomic mass is 9.83. The van der Waals surface area contributed by atoms with Crippen molar-refractivity contribution in [1.82, 2.24) is 0 Å². The number of halogens is 5. The summed E-state index contributed by atoms with van der Waals surface area (Å²) in [6.45, 7) is -1.19. The lowest BCUT2D eigenvalue weighted by molar-refractivity contribution is -0.136. The molecule has 4 rings (SSSR count). The van der Waals surface area contributed by atoms with Crippen LogP contribution in [0.1, 0.15) is 17.0 Å². The van der Waals surface area contributed by atoms with Gasteiger partial charge in [0.2, 0.25) is 35.0 Å². The maximum atomic E-state index is 13.8. The van der Waals surface area contributed by atoms with E-state index >= 15 is 0 Å². The Morgan fingerprint density at radius 2 is 1.56 bits per heavy atom. The second-order valence-electron chi connectivity index (χ2n) is 7.89. The van der Waals surface area contributed by atoms with Gasteiger partial charge in [-0.15, -0.1) is 0 Å². The topological polar surface area (TPSA) is 113 Å². The number of benzene rings is 3. The predicted molar refractivity (Wildman–Crippen MR) is 123 cm³/mol. The van der Waals surface area contributed by atoms with E-state index in [2.05, 4.69) is 4.74 Å². The molecule has 0 amide bonds. The molecule has 1 aliphatic rings. The molecular weight excluding hydrogens is 531 g/mol. The first-order chi connectivity index (χ1) is 18.6. The fourth-order valence-electron chi connectivity index (χ4n) is 3.89. The quantitative estimate of drug-likeness (QED) is 0.150. The van der Waals surface area contributed by atoms with Gasteiger partial charge in [-0.25, -0.2) is 18.0 Å². The highest BCUT2D eigenvalue weighted by atomic mass is 19.2. The molecule has 202 valence electrons. The highest BCUT2D eigenvalue weighted by Gasteiger charge is 2.33. The molecule has 0 bridgehead atoms. The van der Waals surface area contributed by atoms with E-state index in [1.165, 1.54) is 32.4 Å². The molecule has 1 heterocycles. The summed E-state index contributed by atoms with van der Waals surface area (Å²) < 4.78 is 93.3. The van der Waals surface area contributed by atoms with E-state index in [9.17, 15) is 32.0 Å². The molecular formula is C26H17F5N2O6. The van der Waals surface area contributed by atoms with Gasteiger partial charge in [-0.3, -0.25) is 0 Å². The fourth-order valence-corrected chi connectivity index (χ4v) is 3.89. The smallest absolute Gasteiger partial charge is 0.349 e. The van der Waals surface area contributed by atoms with Crippen LogP contribution in [0.25, 0.3) is 0 Å². The molecule has 1 aliphatic heterocycles. The van der Waals surface area contributed by atoms with Crippen LogP contribution >= 0.6 is 0 Å². The number of carbonyl (C=O) groups excluding carboxylic acids is 1. The predicted octanol–water partition coefficient (Wildman–Crippen LogP) is 4.60. The molecule has 0 aromatic heterocycles. The summed E-state index contributed by atoms with van der Waals surface area (Å²) in [6, 6.07) is 11.1. The van der Waals surface area contributed by atoms with Crippen molar-refractivity contribution in [2.45, 2.75) is 5.92 Å². The molecule has 3 aromatic carbocycles. The Kier molecular flexibility index (Phi) is 7.48. The maximum absolute atomic E-state index is 13.8. The van der Waals surface area contributed by atoms with E-state index < -0.39 is 53.3 Å². The zero-order valence-electron chi connectivity index (χ0n) is 20.1. The minimum Gasteiger partial charge on any atom is -0.497 e. The van der Waals surface area contributed by atoms with E-state index in [0.29, 0.717) is 22.6 Å². The average Bonchev–Trinajstić information content (AvgIpc) is 2.93. The van der Waals surface area contributed by atoms with Gasteiger partial charge in [-0.2, -0.15) is 14.0 Å². The number of ether oxygens (including phenoxy) is 5. The second kappa shape index (κ2) is 10.8. The Bertz CT molecular complexity index is 1520. The van der Waals surface area contributed by atoms with Gasteiger partial charge in [-0.1, -0.05) is 6.07 Å². The Morgan fingerprint density at radius 3 is 2.18 bits per heavy atom. The number of methoxy groups -OCH3 is 2. The zero-order valence-corrected chi connectivity index (χ0v) is 20.1. The summed E-state index contributed by atoms with van der Waals surface area (Å²) in [5.74, 6) is -14.3. The van der Waals surface area contributed by atoms with Gasteiger partial charge >= 0.3 is 5.97 Å². The molecule has 0 aliphatic carbocycles. The number of fused-ring (bicyclic) bond motifs is 1. The van der Waals surface area contributed by atoms with Gasteiger partial charge in [0, 0.05) is 17.2 Å². The molecule has 0 fully saturated rings. The van der Waals surface area contributed by atoms with Crippen LogP contribution in [-0.2, 0) is 4.79 Å². The van der Waals surface area contributed by atoms with E-state index in [1.54, 1.807) is 18.2 Å². The molecule has 0 saturated carbocycles. The van der Waals surface area contributed by atoms with E-state index in [1.807, 2.05) is 6.07 Å². The summed E-state index contributed by atoms with van der Waals surface area (Å²) in [7, 11) is 2.91. The summed E-state index contributed by atoms with van der Waals surface area (Å²) in [5.41, 5.74) is 7.05. The van der Waals surface area contributed by atoms with E-state index in [0.717, 1.165) is 0 Å². The van der Waals surface area contributed by atoms with Gasteiger partial charge in [-0.05, 0) is 24.3 Å². The molecule has 1 unspecified atom stereocenters. The number of nitrogens with zero attached hydrogens (tertiary/aromatic N) is 1. The molecule has 0 radical (unpaired) electrons. The number of allylic oxidation sites excluding steroid dienone is 1. The van der Waals surface area contributed by atoms with Gasteiger partial charge in [0.05, 0.1) is 20.1 Å². The SMILES string of the molecule is COc1ccc(OC)c(C2C(C#N)=C(N)Oc3cc(OC(=O)COc4c(F)c(F)c(F)c(F)c4F)ccc32)c1. The van der Waals surface area contributed by atoms with Crippen LogP contribution < -0.4 is 29.4 Å². The van der Waals surface area contributed by atoms with Crippen LogP contribution in [0, 0.1) is 40.4 Å².